The summed E-state index contributed by atoms with van der Waals surface area (Å²) >= 11 is 2.63. The van der Waals surface area contributed by atoms with E-state index in [1.807, 2.05) is 60.7 Å². The molecule has 2 aromatic heterocycles. The van der Waals surface area contributed by atoms with Crippen molar-refractivity contribution >= 4 is 56.5 Å². The Labute approximate surface area is 186 Å². The number of para-hydroxylation sites is 1. The summed E-state index contributed by atoms with van der Waals surface area (Å²) in [7, 11) is 0. The third kappa shape index (κ3) is 5.08. The average Bonchev–Trinajstić information content (AvgIpc) is 3.43. The highest BCUT2D eigenvalue weighted by molar-refractivity contribution is 7.18. The molecule has 1 N–H and O–H groups in total. The molecule has 154 valence electrons. The zero-order valence-corrected chi connectivity index (χ0v) is 18.1. The molecule has 0 saturated heterocycles. The van der Waals surface area contributed by atoms with E-state index in [2.05, 4.69) is 20.5 Å². The molecular weight excluding hydrogens is 430 g/mol. The van der Waals surface area contributed by atoms with Crippen molar-refractivity contribution in [3.05, 3.63) is 77.8 Å². The van der Waals surface area contributed by atoms with E-state index in [4.69, 9.17) is 0 Å². The van der Waals surface area contributed by atoms with Gasteiger partial charge in [0.1, 0.15) is 5.01 Å². The fraction of sp³-hybridized carbons (Fsp3) is 0.0455. The number of carbonyl (C=O) groups excluding carboxylic acids is 2. The van der Waals surface area contributed by atoms with Crippen LogP contribution in [0.3, 0.4) is 0 Å². The van der Waals surface area contributed by atoms with Gasteiger partial charge in [-0.3, -0.25) is 19.8 Å². The Hall–Kier alpha value is -3.69. The number of rotatable bonds is 6. The number of benzene rings is 2. The molecule has 0 aliphatic carbocycles. The largest absolute Gasteiger partial charge is 0.297 e. The smallest absolute Gasteiger partial charge is 0.250 e. The van der Waals surface area contributed by atoms with E-state index in [1.165, 1.54) is 40.6 Å². The fourth-order valence-corrected chi connectivity index (χ4v) is 4.35. The fourth-order valence-electron chi connectivity index (χ4n) is 2.74. The lowest BCUT2D eigenvalue weighted by Gasteiger charge is -2.17. The Bertz CT molecular complexity index is 1220. The molecule has 0 unspecified atom stereocenters. The van der Waals surface area contributed by atoms with E-state index in [0.717, 1.165) is 16.3 Å². The van der Waals surface area contributed by atoms with Crippen LogP contribution in [-0.4, -0.2) is 27.0 Å². The van der Waals surface area contributed by atoms with Gasteiger partial charge in [0.05, 0.1) is 11.4 Å². The van der Waals surface area contributed by atoms with E-state index in [9.17, 15) is 9.59 Å². The topological polar surface area (TPSA) is 88.1 Å². The lowest BCUT2D eigenvalue weighted by atomic mass is 10.2. The molecule has 7 nitrogen and oxygen atoms in total. The van der Waals surface area contributed by atoms with E-state index in [1.54, 1.807) is 11.5 Å². The first-order valence-corrected chi connectivity index (χ1v) is 11.0. The molecule has 0 aliphatic rings. The Morgan fingerprint density at radius 2 is 1.71 bits per heavy atom. The molecule has 2 aromatic carbocycles. The number of carbonyl (C=O) groups is 2. The summed E-state index contributed by atoms with van der Waals surface area (Å²) in [6, 6.07) is 18.9. The minimum absolute atomic E-state index is 0.140. The number of hydrogen-bond donors (Lipinski definition) is 1. The first-order chi connectivity index (χ1) is 15.1. The molecule has 0 spiro atoms. The summed E-state index contributed by atoms with van der Waals surface area (Å²) in [5, 5.41) is 14.3. The van der Waals surface area contributed by atoms with E-state index in [0.29, 0.717) is 16.0 Å². The summed E-state index contributed by atoms with van der Waals surface area (Å²) in [4.78, 5) is 30.4. The highest BCUT2D eigenvalue weighted by Gasteiger charge is 2.17. The molecule has 0 aliphatic heterocycles. The Balaban J connectivity index is 1.42. The van der Waals surface area contributed by atoms with Gasteiger partial charge < -0.3 is 0 Å². The molecule has 2 amide bonds. The van der Waals surface area contributed by atoms with Crippen LogP contribution in [0.1, 0.15) is 12.6 Å². The minimum atomic E-state index is -0.336. The maximum absolute atomic E-state index is 12.3. The lowest BCUT2D eigenvalue weighted by molar-refractivity contribution is -0.116. The summed E-state index contributed by atoms with van der Waals surface area (Å²) in [5.41, 5.74) is 2.27. The normalized spacial score (nSPS) is 10.9. The van der Waals surface area contributed by atoms with Crippen molar-refractivity contribution in [1.82, 2.24) is 15.2 Å². The summed E-state index contributed by atoms with van der Waals surface area (Å²) < 4.78 is 0. The first-order valence-electron chi connectivity index (χ1n) is 9.29. The summed E-state index contributed by atoms with van der Waals surface area (Å²) in [6.07, 6.45) is 2.97. The molecule has 0 saturated carbocycles. The van der Waals surface area contributed by atoms with Crippen LogP contribution in [0.2, 0.25) is 0 Å². The van der Waals surface area contributed by atoms with Crippen molar-refractivity contribution in [2.24, 2.45) is 0 Å². The van der Waals surface area contributed by atoms with E-state index < -0.39 is 0 Å². The predicted molar refractivity (Wildman–Crippen MR) is 124 cm³/mol. The number of hydrogen-bond acceptors (Lipinski definition) is 7. The van der Waals surface area contributed by atoms with Crippen molar-refractivity contribution in [1.29, 1.82) is 0 Å². The highest BCUT2D eigenvalue weighted by Crippen LogP contribution is 2.29. The third-order valence-electron chi connectivity index (χ3n) is 4.11. The maximum atomic E-state index is 12.3. The van der Waals surface area contributed by atoms with Crippen LogP contribution in [0.4, 0.5) is 16.0 Å². The summed E-state index contributed by atoms with van der Waals surface area (Å²) in [5.74, 6) is -0.476. The van der Waals surface area contributed by atoms with Crippen molar-refractivity contribution in [3.63, 3.8) is 0 Å². The second-order valence-electron chi connectivity index (χ2n) is 6.35. The first kappa shape index (κ1) is 20.6. The Kier molecular flexibility index (Phi) is 6.25. The molecule has 4 aromatic rings. The molecular formula is C22H17N5O2S2. The van der Waals surface area contributed by atoms with Crippen LogP contribution < -0.4 is 10.2 Å². The van der Waals surface area contributed by atoms with Crippen LogP contribution in [0.25, 0.3) is 16.6 Å². The Morgan fingerprint density at radius 3 is 2.42 bits per heavy atom. The highest BCUT2D eigenvalue weighted by atomic mass is 32.1. The number of amides is 2. The predicted octanol–water partition coefficient (Wildman–Crippen LogP) is 5.00. The van der Waals surface area contributed by atoms with Gasteiger partial charge in [-0.15, -0.1) is 21.5 Å². The van der Waals surface area contributed by atoms with E-state index >= 15 is 0 Å². The van der Waals surface area contributed by atoms with Crippen LogP contribution >= 0.6 is 22.7 Å². The van der Waals surface area contributed by atoms with Crippen molar-refractivity contribution in [2.45, 2.75) is 6.92 Å². The molecule has 0 fully saturated rings. The SMILES string of the molecule is CC(=O)N(c1ccccc1)c1nc(/C=C/C(=O)Nc2nnc(-c3ccccc3)s2)cs1. The minimum Gasteiger partial charge on any atom is -0.297 e. The zero-order valence-electron chi connectivity index (χ0n) is 16.4. The van der Waals surface area contributed by atoms with Crippen molar-refractivity contribution in [2.75, 3.05) is 10.2 Å². The van der Waals surface area contributed by atoms with Gasteiger partial charge in [0.15, 0.2) is 5.13 Å². The number of thiazole rings is 1. The van der Waals surface area contributed by atoms with Gasteiger partial charge in [0.25, 0.3) is 0 Å². The summed E-state index contributed by atoms with van der Waals surface area (Å²) in [6.45, 7) is 1.49. The standard InChI is InChI=1S/C22H17N5O2S2/c1-15(28)27(18-10-6-3-7-11-18)22-23-17(14-30-22)12-13-19(29)24-21-26-25-20(31-21)16-8-4-2-5-9-16/h2-14H,1H3,(H,24,26,29)/b13-12+. The molecule has 4 rings (SSSR count). The van der Waals surface area contributed by atoms with Gasteiger partial charge in [-0.05, 0) is 18.2 Å². The van der Waals surface area contributed by atoms with Crippen molar-refractivity contribution in [3.8, 4) is 10.6 Å². The molecule has 0 radical (unpaired) electrons. The van der Waals surface area contributed by atoms with Crippen LogP contribution in [0.5, 0.6) is 0 Å². The molecule has 0 atom stereocenters. The lowest BCUT2D eigenvalue weighted by Crippen LogP contribution is -2.22. The molecule has 2 heterocycles. The van der Waals surface area contributed by atoms with Gasteiger partial charge >= 0.3 is 0 Å². The second-order valence-corrected chi connectivity index (χ2v) is 8.16. The van der Waals surface area contributed by atoms with Crippen molar-refractivity contribution < 1.29 is 9.59 Å². The number of aromatic nitrogens is 3. The number of nitrogens with one attached hydrogen (secondary N) is 1. The third-order valence-corrected chi connectivity index (χ3v) is 5.84. The number of nitrogens with zero attached hydrogens (tertiary/aromatic N) is 4. The molecule has 9 heteroatoms. The maximum Gasteiger partial charge on any atom is 0.250 e. The molecule has 0 bridgehead atoms. The van der Waals surface area contributed by atoms with Gasteiger partial charge in [-0.25, -0.2) is 4.98 Å². The number of anilines is 3. The Morgan fingerprint density at radius 1 is 1.00 bits per heavy atom. The molecule has 31 heavy (non-hydrogen) atoms. The second kappa shape index (κ2) is 9.41. The van der Waals surface area contributed by atoms with Gasteiger partial charge in [-0.1, -0.05) is 59.9 Å². The van der Waals surface area contributed by atoms with Gasteiger partial charge in [-0.2, -0.15) is 0 Å². The zero-order chi connectivity index (χ0) is 21.6. The monoisotopic (exact) mass is 447 g/mol. The van der Waals surface area contributed by atoms with Crippen LogP contribution in [-0.2, 0) is 9.59 Å². The quantitative estimate of drug-likeness (QED) is 0.420. The van der Waals surface area contributed by atoms with Crippen LogP contribution in [0, 0.1) is 0 Å². The van der Waals surface area contributed by atoms with E-state index in [-0.39, 0.29) is 11.8 Å². The van der Waals surface area contributed by atoms with Gasteiger partial charge in [0.2, 0.25) is 16.9 Å². The average molecular weight is 448 g/mol. The van der Waals surface area contributed by atoms with Crippen LogP contribution in [0.15, 0.2) is 72.1 Å². The van der Waals surface area contributed by atoms with Gasteiger partial charge in [0, 0.05) is 23.9 Å².